The molecule has 30 heavy (non-hydrogen) atoms. The molecule has 1 amide bonds. The van der Waals surface area contributed by atoms with Crippen molar-refractivity contribution in [2.24, 2.45) is 7.05 Å². The van der Waals surface area contributed by atoms with Crippen LogP contribution in [0.1, 0.15) is 33.5 Å². The van der Waals surface area contributed by atoms with Crippen molar-refractivity contribution in [3.05, 3.63) is 58.5 Å². The predicted octanol–water partition coefficient (Wildman–Crippen LogP) is 3.71. The Morgan fingerprint density at radius 3 is 2.47 bits per heavy atom. The summed E-state index contributed by atoms with van der Waals surface area (Å²) in [5.74, 6) is -1.86. The number of nitrogens with zero attached hydrogens (tertiary/aromatic N) is 4. The molecule has 12 heteroatoms. The van der Waals surface area contributed by atoms with Gasteiger partial charge in [-0.05, 0) is 19.1 Å². The minimum atomic E-state index is -4.84. The first-order valence-corrected chi connectivity index (χ1v) is 8.94. The Labute approximate surface area is 173 Å². The van der Waals surface area contributed by atoms with E-state index >= 15 is 0 Å². The molecule has 0 unspecified atom stereocenters. The van der Waals surface area contributed by atoms with Crippen molar-refractivity contribution in [2.75, 3.05) is 11.9 Å². The second-order valence-corrected chi connectivity index (χ2v) is 6.34. The van der Waals surface area contributed by atoms with Gasteiger partial charge in [0.1, 0.15) is 16.3 Å². The molecule has 0 atom stereocenters. The molecule has 0 saturated heterocycles. The number of alkyl halides is 3. The molecule has 0 aliphatic carbocycles. The van der Waals surface area contributed by atoms with E-state index in [1.54, 1.807) is 37.3 Å². The van der Waals surface area contributed by atoms with Crippen LogP contribution >= 0.6 is 11.6 Å². The van der Waals surface area contributed by atoms with Crippen LogP contribution in [0.2, 0.25) is 5.02 Å². The van der Waals surface area contributed by atoms with Crippen LogP contribution in [0.3, 0.4) is 0 Å². The number of esters is 1. The quantitative estimate of drug-likeness (QED) is 0.609. The lowest BCUT2D eigenvalue weighted by atomic mass is 10.2. The van der Waals surface area contributed by atoms with Gasteiger partial charge in [-0.1, -0.05) is 29.8 Å². The lowest BCUT2D eigenvalue weighted by Gasteiger charge is -2.11. The standard InChI is InChI=1S/C18H15ClF3N5O3/c1-3-30-17(29)11-9-23-27(10-7-5-4-6-8-10)15(11)24-16(28)13-12(19)14(18(20,21)22)25-26(13)2/h4-9H,3H2,1-2H3,(H,24,28). The van der Waals surface area contributed by atoms with Gasteiger partial charge in [-0.25, -0.2) is 9.48 Å². The minimum absolute atomic E-state index is 0.0746. The summed E-state index contributed by atoms with van der Waals surface area (Å²) in [4.78, 5) is 25.1. The molecular weight excluding hydrogens is 427 g/mol. The summed E-state index contributed by atoms with van der Waals surface area (Å²) in [6, 6.07) is 8.50. The summed E-state index contributed by atoms with van der Waals surface area (Å²) in [6.07, 6.45) is -3.65. The lowest BCUT2D eigenvalue weighted by molar-refractivity contribution is -0.141. The van der Waals surface area contributed by atoms with E-state index in [4.69, 9.17) is 16.3 Å². The Morgan fingerprint density at radius 2 is 1.90 bits per heavy atom. The fourth-order valence-electron chi connectivity index (χ4n) is 2.68. The third kappa shape index (κ3) is 4.01. The molecule has 2 heterocycles. The van der Waals surface area contributed by atoms with Crippen molar-refractivity contribution in [1.29, 1.82) is 0 Å². The summed E-state index contributed by atoms with van der Waals surface area (Å²) >= 11 is 5.78. The van der Waals surface area contributed by atoms with Gasteiger partial charge < -0.3 is 10.1 Å². The van der Waals surface area contributed by atoms with E-state index in [0.29, 0.717) is 10.4 Å². The lowest BCUT2D eigenvalue weighted by Crippen LogP contribution is -2.20. The first-order valence-electron chi connectivity index (χ1n) is 8.56. The number of benzene rings is 1. The first-order chi connectivity index (χ1) is 14.1. The van der Waals surface area contributed by atoms with E-state index in [0.717, 1.165) is 7.05 Å². The molecule has 0 spiro atoms. The molecule has 8 nitrogen and oxygen atoms in total. The molecule has 0 radical (unpaired) electrons. The molecule has 0 aliphatic heterocycles. The monoisotopic (exact) mass is 441 g/mol. The molecule has 3 rings (SSSR count). The van der Waals surface area contributed by atoms with E-state index in [-0.39, 0.29) is 18.0 Å². The Morgan fingerprint density at radius 1 is 1.23 bits per heavy atom. The van der Waals surface area contributed by atoms with Gasteiger partial charge in [-0.15, -0.1) is 0 Å². The average molecular weight is 442 g/mol. The topological polar surface area (TPSA) is 91.0 Å². The molecule has 1 aromatic carbocycles. The number of anilines is 1. The largest absolute Gasteiger partial charge is 0.462 e. The zero-order chi connectivity index (χ0) is 22.1. The minimum Gasteiger partial charge on any atom is -0.462 e. The second-order valence-electron chi connectivity index (χ2n) is 5.96. The molecule has 158 valence electrons. The highest BCUT2D eigenvalue weighted by molar-refractivity contribution is 6.35. The number of halogens is 4. The molecule has 0 aliphatic rings. The van der Waals surface area contributed by atoms with Gasteiger partial charge in [0.25, 0.3) is 5.91 Å². The van der Waals surface area contributed by atoms with Gasteiger partial charge in [-0.3, -0.25) is 9.48 Å². The number of hydrogen-bond donors (Lipinski definition) is 1. The zero-order valence-electron chi connectivity index (χ0n) is 15.7. The highest BCUT2D eigenvalue weighted by Gasteiger charge is 2.40. The number of nitrogens with one attached hydrogen (secondary N) is 1. The summed E-state index contributed by atoms with van der Waals surface area (Å²) in [5.41, 5.74) is -1.50. The van der Waals surface area contributed by atoms with Crippen molar-refractivity contribution in [3.63, 3.8) is 0 Å². The van der Waals surface area contributed by atoms with Crippen molar-refractivity contribution < 1.29 is 27.5 Å². The molecule has 1 N–H and O–H groups in total. The van der Waals surface area contributed by atoms with Crippen LogP contribution in [0.5, 0.6) is 0 Å². The number of ether oxygens (including phenoxy) is 1. The second kappa shape index (κ2) is 8.19. The molecular formula is C18H15ClF3N5O3. The number of para-hydroxylation sites is 1. The number of aromatic nitrogens is 4. The predicted molar refractivity (Wildman–Crippen MR) is 101 cm³/mol. The van der Waals surface area contributed by atoms with Crippen molar-refractivity contribution >= 4 is 29.3 Å². The van der Waals surface area contributed by atoms with Gasteiger partial charge in [0.15, 0.2) is 11.5 Å². The van der Waals surface area contributed by atoms with E-state index in [9.17, 15) is 22.8 Å². The maximum absolute atomic E-state index is 13.1. The number of carbonyl (C=O) groups is 2. The van der Waals surface area contributed by atoms with E-state index in [1.807, 2.05) is 0 Å². The molecule has 0 saturated carbocycles. The zero-order valence-corrected chi connectivity index (χ0v) is 16.5. The Hall–Kier alpha value is -3.34. The summed E-state index contributed by atoms with van der Waals surface area (Å²) in [7, 11) is 1.15. The third-order valence-electron chi connectivity index (χ3n) is 3.97. The van der Waals surface area contributed by atoms with Crippen LogP contribution in [0.15, 0.2) is 36.5 Å². The van der Waals surface area contributed by atoms with Crippen LogP contribution in [0, 0.1) is 0 Å². The number of rotatable bonds is 5. The molecule has 3 aromatic rings. The Kier molecular flexibility index (Phi) is 5.83. The van der Waals surface area contributed by atoms with Gasteiger partial charge in [0.2, 0.25) is 0 Å². The molecule has 0 fully saturated rings. The van der Waals surface area contributed by atoms with Crippen LogP contribution in [0.25, 0.3) is 5.69 Å². The van der Waals surface area contributed by atoms with Crippen molar-refractivity contribution in [3.8, 4) is 5.69 Å². The van der Waals surface area contributed by atoms with Crippen molar-refractivity contribution in [1.82, 2.24) is 19.6 Å². The van der Waals surface area contributed by atoms with Gasteiger partial charge in [-0.2, -0.15) is 23.4 Å². The Balaban J connectivity index is 2.06. The smallest absolute Gasteiger partial charge is 0.436 e. The third-order valence-corrected chi connectivity index (χ3v) is 4.33. The number of carbonyl (C=O) groups excluding carboxylic acids is 2. The fraction of sp³-hybridized carbons (Fsp3) is 0.222. The van der Waals surface area contributed by atoms with Crippen LogP contribution < -0.4 is 5.32 Å². The summed E-state index contributed by atoms with van der Waals surface area (Å²) in [5, 5.41) is 8.93. The molecule has 2 aromatic heterocycles. The highest BCUT2D eigenvalue weighted by Crippen LogP contribution is 2.35. The maximum atomic E-state index is 13.1. The SMILES string of the molecule is CCOC(=O)c1cnn(-c2ccccc2)c1NC(=O)c1c(Cl)c(C(F)(F)F)nn1C. The first kappa shape index (κ1) is 21.4. The van der Waals surface area contributed by atoms with E-state index in [2.05, 4.69) is 15.5 Å². The highest BCUT2D eigenvalue weighted by atomic mass is 35.5. The Bertz CT molecular complexity index is 1090. The van der Waals surface area contributed by atoms with Gasteiger partial charge in [0, 0.05) is 7.05 Å². The maximum Gasteiger partial charge on any atom is 0.436 e. The molecule has 0 bridgehead atoms. The summed E-state index contributed by atoms with van der Waals surface area (Å²) < 4.78 is 46.1. The average Bonchev–Trinajstić information content (AvgIpc) is 3.23. The van der Waals surface area contributed by atoms with Gasteiger partial charge in [0.05, 0.1) is 18.5 Å². The van der Waals surface area contributed by atoms with Gasteiger partial charge >= 0.3 is 12.1 Å². The fourth-order valence-corrected chi connectivity index (χ4v) is 3.04. The van der Waals surface area contributed by atoms with Crippen LogP contribution in [0.4, 0.5) is 19.0 Å². The van der Waals surface area contributed by atoms with E-state index in [1.165, 1.54) is 10.9 Å². The number of aryl methyl sites for hydroxylation is 1. The van der Waals surface area contributed by atoms with Crippen molar-refractivity contribution in [2.45, 2.75) is 13.1 Å². The van der Waals surface area contributed by atoms with Crippen LogP contribution in [-0.2, 0) is 18.0 Å². The van der Waals surface area contributed by atoms with E-state index < -0.39 is 34.5 Å². The number of hydrogen-bond acceptors (Lipinski definition) is 5. The summed E-state index contributed by atoms with van der Waals surface area (Å²) in [6.45, 7) is 1.68. The van der Waals surface area contributed by atoms with Crippen LogP contribution in [-0.4, -0.2) is 38.0 Å². The normalized spacial score (nSPS) is 11.4. The number of amides is 1.